The molecule has 0 spiro atoms. The molecule has 9 heteroatoms. The molecule has 1 aromatic carbocycles. The number of aliphatic imine (C=N–C) groups is 1. The fourth-order valence-electron chi connectivity index (χ4n) is 1.87. The number of carbonyl (C=O) groups excluding carboxylic acids is 1. The Balaban J connectivity index is 2.75. The summed E-state index contributed by atoms with van der Waals surface area (Å²) in [6, 6.07) is 5.60. The Morgan fingerprint density at radius 1 is 1.20 bits per heavy atom. The van der Waals surface area contributed by atoms with Gasteiger partial charge in [0, 0.05) is 0 Å². The molecule has 0 radical (unpaired) electrons. The van der Waals surface area contributed by atoms with Gasteiger partial charge in [-0.25, -0.2) is 9.59 Å². The number of rotatable bonds is 8. The Hall–Kier alpha value is -2.65. The smallest absolute Gasteiger partial charge is 0.408 e. The number of carboxylic acids is 1. The van der Waals surface area contributed by atoms with E-state index in [-0.39, 0.29) is 6.61 Å². The molecule has 0 aliphatic carbocycles. The molecule has 0 saturated carbocycles. The zero-order valence-electron chi connectivity index (χ0n) is 13.8. The lowest BCUT2D eigenvalue weighted by atomic mass is 10.1. The zero-order valence-corrected chi connectivity index (χ0v) is 13.8. The van der Waals surface area contributed by atoms with Crippen molar-refractivity contribution in [1.29, 1.82) is 0 Å². The largest absolute Gasteiger partial charge is 0.860 e. The monoisotopic (exact) mass is 353 g/mol. The van der Waals surface area contributed by atoms with Crippen LogP contribution >= 0.6 is 0 Å². The van der Waals surface area contributed by atoms with Crippen LogP contribution in [0.4, 0.5) is 4.79 Å². The molecule has 1 aromatic rings. The van der Waals surface area contributed by atoms with Crippen LogP contribution in [0, 0.1) is 0 Å². The summed E-state index contributed by atoms with van der Waals surface area (Å²) in [5.41, 5.74) is 0.724. The second-order valence-electron chi connectivity index (χ2n) is 5.42. The Bertz CT molecular complexity index is 602. The van der Waals surface area contributed by atoms with Crippen molar-refractivity contribution >= 4 is 18.0 Å². The minimum Gasteiger partial charge on any atom is -0.860 e. The Morgan fingerprint density at radius 3 is 2.28 bits per heavy atom. The number of carboxylic acid groups (broad SMARTS) is 1. The van der Waals surface area contributed by atoms with Crippen LogP contribution in [0.1, 0.15) is 19.4 Å². The van der Waals surface area contributed by atoms with Crippen LogP contribution in [0.25, 0.3) is 0 Å². The van der Waals surface area contributed by atoms with Gasteiger partial charge in [0.1, 0.15) is 6.61 Å². The summed E-state index contributed by atoms with van der Waals surface area (Å²) in [5, 5.41) is 42.1. The van der Waals surface area contributed by atoms with Crippen LogP contribution in [0.3, 0.4) is 0 Å². The summed E-state index contributed by atoms with van der Waals surface area (Å²) >= 11 is 0. The van der Waals surface area contributed by atoms with E-state index in [0.29, 0.717) is 0 Å². The molecule has 0 saturated heterocycles. The first-order valence-corrected chi connectivity index (χ1v) is 7.53. The third kappa shape index (κ3) is 6.77. The first-order chi connectivity index (χ1) is 11.7. The molecule has 1 rings (SSSR count). The van der Waals surface area contributed by atoms with E-state index in [0.717, 1.165) is 12.5 Å². The van der Waals surface area contributed by atoms with Crippen molar-refractivity contribution in [3.8, 4) is 0 Å². The third-order valence-electron chi connectivity index (χ3n) is 3.21. The van der Waals surface area contributed by atoms with Gasteiger partial charge in [0.15, 0.2) is 6.04 Å². The van der Waals surface area contributed by atoms with Crippen molar-refractivity contribution < 1.29 is 34.8 Å². The highest BCUT2D eigenvalue weighted by molar-refractivity contribution is 5.86. The number of aliphatic hydroxyl groups excluding tert-OH is 2. The number of nitrogens with zero attached hydrogens (tertiary/aromatic N) is 1. The van der Waals surface area contributed by atoms with Gasteiger partial charge in [0.2, 0.25) is 0 Å². The van der Waals surface area contributed by atoms with E-state index in [2.05, 4.69) is 10.3 Å². The number of hydrogen-bond donors (Lipinski definition) is 4. The molecular weight excluding hydrogens is 332 g/mol. The number of nitrogens with one attached hydrogen (secondary N) is 1. The van der Waals surface area contributed by atoms with Crippen LogP contribution in [-0.4, -0.2) is 57.6 Å². The first-order valence-electron chi connectivity index (χ1n) is 7.53. The van der Waals surface area contributed by atoms with Crippen LogP contribution in [0.5, 0.6) is 0 Å². The van der Waals surface area contributed by atoms with Gasteiger partial charge in [-0.15, -0.1) is 0 Å². The van der Waals surface area contributed by atoms with Gasteiger partial charge in [-0.05, 0) is 25.3 Å². The van der Waals surface area contributed by atoms with E-state index in [9.17, 15) is 24.9 Å². The van der Waals surface area contributed by atoms with Crippen molar-refractivity contribution in [3.63, 3.8) is 0 Å². The van der Waals surface area contributed by atoms with Crippen molar-refractivity contribution in [2.24, 2.45) is 4.99 Å². The van der Waals surface area contributed by atoms with Gasteiger partial charge in [-0.1, -0.05) is 30.3 Å². The third-order valence-corrected chi connectivity index (χ3v) is 3.21. The minimum absolute atomic E-state index is 0.0457. The van der Waals surface area contributed by atoms with Crippen LogP contribution in [-0.2, 0) is 16.1 Å². The summed E-state index contributed by atoms with van der Waals surface area (Å²) < 4.78 is 4.94. The number of amides is 1. The predicted octanol–water partition coefficient (Wildman–Crippen LogP) is -0.745. The minimum atomic E-state index is -1.70. The second kappa shape index (κ2) is 9.60. The number of aliphatic carboxylic acids is 1. The molecule has 4 atom stereocenters. The summed E-state index contributed by atoms with van der Waals surface area (Å²) in [5.74, 6) is -2.58. The van der Waals surface area contributed by atoms with Gasteiger partial charge < -0.3 is 30.5 Å². The molecule has 0 aliphatic heterocycles. The normalized spacial score (nSPS) is 16.4. The quantitative estimate of drug-likeness (QED) is 0.355. The van der Waals surface area contributed by atoms with Crippen LogP contribution in [0.15, 0.2) is 35.3 Å². The Labute approximate surface area is 144 Å². The molecule has 0 fully saturated rings. The topological polar surface area (TPSA) is 152 Å². The Kier molecular flexibility index (Phi) is 7.83. The molecule has 138 valence electrons. The molecule has 0 aromatic heterocycles. The molecule has 25 heavy (non-hydrogen) atoms. The van der Waals surface area contributed by atoms with Gasteiger partial charge in [-0.2, -0.15) is 0 Å². The summed E-state index contributed by atoms with van der Waals surface area (Å²) in [7, 11) is 0. The van der Waals surface area contributed by atoms with Crippen molar-refractivity contribution in [1.82, 2.24) is 5.32 Å². The standard InChI is InChI=1S/C16H22N2O7/c1-9(19)12(14(21)17-13(10(2)20)15(22)23)18-16(24)25-8-11-6-4-3-5-7-11/h3-7,9-10,12-13,19-20H,8H2,1-2H3,(H,17,21)(H,18,24)(H,22,23)/p-1/t9-,10-,12+,13+/m1/s1. The zero-order chi connectivity index (χ0) is 19.0. The lowest BCUT2D eigenvalue weighted by Crippen LogP contribution is -2.53. The maximum Gasteiger partial charge on any atom is 0.408 e. The number of carbonyl (C=O) groups is 2. The molecule has 0 bridgehead atoms. The number of aliphatic hydroxyl groups is 2. The lowest BCUT2D eigenvalue weighted by Gasteiger charge is -2.27. The number of benzene rings is 1. The van der Waals surface area contributed by atoms with Gasteiger partial charge in [0.25, 0.3) is 0 Å². The molecule has 9 nitrogen and oxygen atoms in total. The number of ether oxygens (including phenoxy) is 1. The van der Waals surface area contributed by atoms with Crippen LogP contribution < -0.4 is 10.4 Å². The highest BCUT2D eigenvalue weighted by atomic mass is 16.5. The van der Waals surface area contributed by atoms with Crippen molar-refractivity contribution in [3.05, 3.63) is 35.9 Å². The van der Waals surface area contributed by atoms with Gasteiger partial charge in [-0.3, -0.25) is 4.99 Å². The van der Waals surface area contributed by atoms with E-state index in [1.165, 1.54) is 6.92 Å². The molecule has 0 heterocycles. The van der Waals surface area contributed by atoms with Gasteiger partial charge in [0.05, 0.1) is 18.2 Å². The van der Waals surface area contributed by atoms with E-state index in [4.69, 9.17) is 9.84 Å². The number of hydrogen-bond acceptors (Lipinski definition) is 7. The highest BCUT2D eigenvalue weighted by Gasteiger charge is 2.25. The SMILES string of the molecule is C[C@@H](O)[C@H](N=C([O-])[C@@H](NC(=O)OCc1ccccc1)[C@@H](C)O)C(=O)O. The highest BCUT2D eigenvalue weighted by Crippen LogP contribution is 2.04. The maximum atomic E-state index is 12.0. The summed E-state index contributed by atoms with van der Waals surface area (Å²) in [4.78, 5) is 26.1. The molecule has 0 aliphatic rings. The van der Waals surface area contributed by atoms with E-state index in [1.54, 1.807) is 30.3 Å². The summed E-state index contributed by atoms with van der Waals surface area (Å²) in [6.07, 6.45) is -3.73. The van der Waals surface area contributed by atoms with Crippen molar-refractivity contribution in [2.45, 2.75) is 44.7 Å². The van der Waals surface area contributed by atoms with E-state index >= 15 is 0 Å². The van der Waals surface area contributed by atoms with E-state index < -0.39 is 42.3 Å². The molecular formula is C16H21N2O7-. The lowest BCUT2D eigenvalue weighted by molar-refractivity contribution is -0.224. The number of alkyl carbamates (subject to hydrolysis) is 1. The average molecular weight is 353 g/mol. The molecule has 1 amide bonds. The Morgan fingerprint density at radius 2 is 1.80 bits per heavy atom. The van der Waals surface area contributed by atoms with Gasteiger partial charge >= 0.3 is 12.1 Å². The molecule has 4 N–H and O–H groups in total. The van der Waals surface area contributed by atoms with Crippen molar-refractivity contribution in [2.75, 3.05) is 0 Å². The first kappa shape index (κ1) is 20.4. The fourth-order valence-corrected chi connectivity index (χ4v) is 1.87. The van der Waals surface area contributed by atoms with Crippen LogP contribution in [0.2, 0.25) is 0 Å². The average Bonchev–Trinajstić information content (AvgIpc) is 2.55. The fraction of sp³-hybridized carbons (Fsp3) is 0.438. The van der Waals surface area contributed by atoms with E-state index in [1.807, 2.05) is 0 Å². The maximum absolute atomic E-state index is 12.0. The summed E-state index contributed by atoms with van der Waals surface area (Å²) in [6.45, 7) is 2.35. The molecule has 0 unspecified atom stereocenters. The second-order valence-corrected chi connectivity index (χ2v) is 5.42. The predicted molar refractivity (Wildman–Crippen MR) is 85.8 cm³/mol.